The molecule has 0 radical (unpaired) electrons. The van der Waals surface area contributed by atoms with Crippen LogP contribution in [0.15, 0.2) is 30.5 Å². The maximum atomic E-state index is 11.3. The number of anilines is 1. The first-order valence-corrected chi connectivity index (χ1v) is 6.31. The molecule has 0 amide bonds. The van der Waals surface area contributed by atoms with Crippen LogP contribution >= 0.6 is 0 Å². The molecule has 0 aliphatic carbocycles. The summed E-state index contributed by atoms with van der Waals surface area (Å²) in [5.41, 5.74) is 0.546. The van der Waals surface area contributed by atoms with Crippen molar-refractivity contribution in [2.75, 3.05) is 5.32 Å². The molecule has 5 heteroatoms. The summed E-state index contributed by atoms with van der Waals surface area (Å²) in [4.78, 5) is 15.5. The van der Waals surface area contributed by atoms with E-state index in [9.17, 15) is 9.90 Å². The van der Waals surface area contributed by atoms with Gasteiger partial charge in [0.1, 0.15) is 11.9 Å². The maximum Gasteiger partial charge on any atom is 0.326 e. The number of nitrogens with one attached hydrogen (secondary N) is 1. The molecule has 1 aromatic carbocycles. The highest BCUT2D eigenvalue weighted by atomic mass is 16.4. The number of nitriles is 1. The average molecular weight is 269 g/mol. The van der Waals surface area contributed by atoms with Crippen LogP contribution in [-0.4, -0.2) is 22.1 Å². The zero-order valence-electron chi connectivity index (χ0n) is 11.3. The fraction of sp³-hybridized carbons (Fsp3) is 0.267. The Bertz CT molecular complexity index is 689. The van der Waals surface area contributed by atoms with Crippen LogP contribution in [0.3, 0.4) is 0 Å². The number of aliphatic carboxylic acids is 1. The minimum absolute atomic E-state index is 0.0799. The van der Waals surface area contributed by atoms with Gasteiger partial charge < -0.3 is 10.4 Å². The number of aromatic nitrogens is 1. The van der Waals surface area contributed by atoms with Crippen LogP contribution in [0.4, 0.5) is 5.82 Å². The Labute approximate surface area is 116 Å². The SMILES string of the molecule is CC(C)C(Nc1nccc2c(C#N)cccc12)C(=O)O. The predicted molar refractivity (Wildman–Crippen MR) is 76.3 cm³/mol. The second kappa shape index (κ2) is 5.57. The molecule has 102 valence electrons. The zero-order chi connectivity index (χ0) is 14.7. The highest BCUT2D eigenvalue weighted by molar-refractivity contribution is 5.96. The molecule has 1 unspecified atom stereocenters. The van der Waals surface area contributed by atoms with Crippen molar-refractivity contribution >= 4 is 22.6 Å². The van der Waals surface area contributed by atoms with E-state index in [-0.39, 0.29) is 5.92 Å². The molecule has 0 saturated carbocycles. The molecule has 0 aliphatic heterocycles. The van der Waals surface area contributed by atoms with Crippen molar-refractivity contribution in [3.8, 4) is 6.07 Å². The highest BCUT2D eigenvalue weighted by Crippen LogP contribution is 2.25. The lowest BCUT2D eigenvalue weighted by Crippen LogP contribution is -2.34. The third-order valence-electron chi connectivity index (χ3n) is 3.15. The molecule has 1 aromatic heterocycles. The standard InChI is InChI=1S/C15H15N3O2/c1-9(2)13(15(19)20)18-14-12-5-3-4-10(8-16)11(12)6-7-17-14/h3-7,9,13H,1-2H3,(H,17,18)(H,19,20). The van der Waals surface area contributed by atoms with Gasteiger partial charge in [-0.3, -0.25) is 0 Å². The Balaban J connectivity index is 2.51. The predicted octanol–water partition coefficient (Wildman–Crippen LogP) is 2.63. The summed E-state index contributed by atoms with van der Waals surface area (Å²) in [7, 11) is 0. The second-order valence-corrected chi connectivity index (χ2v) is 4.88. The van der Waals surface area contributed by atoms with Gasteiger partial charge in [-0.25, -0.2) is 9.78 Å². The minimum atomic E-state index is -0.921. The van der Waals surface area contributed by atoms with Crippen molar-refractivity contribution < 1.29 is 9.90 Å². The van der Waals surface area contributed by atoms with Crippen LogP contribution in [0.5, 0.6) is 0 Å². The summed E-state index contributed by atoms with van der Waals surface area (Å²) >= 11 is 0. The van der Waals surface area contributed by atoms with Gasteiger partial charge in [-0.1, -0.05) is 26.0 Å². The summed E-state index contributed by atoms with van der Waals surface area (Å²) in [6.07, 6.45) is 1.57. The number of fused-ring (bicyclic) bond motifs is 1. The number of nitrogens with zero attached hydrogens (tertiary/aromatic N) is 2. The van der Waals surface area contributed by atoms with E-state index in [0.717, 1.165) is 10.8 Å². The van der Waals surface area contributed by atoms with Crippen LogP contribution in [0, 0.1) is 17.2 Å². The number of rotatable bonds is 4. The number of carboxylic acid groups (broad SMARTS) is 1. The monoisotopic (exact) mass is 269 g/mol. The lowest BCUT2D eigenvalue weighted by Gasteiger charge is -2.19. The molecular formula is C15H15N3O2. The largest absolute Gasteiger partial charge is 0.480 e. The van der Waals surface area contributed by atoms with Gasteiger partial charge in [0, 0.05) is 17.0 Å². The van der Waals surface area contributed by atoms with Crippen LogP contribution in [-0.2, 0) is 4.79 Å². The molecule has 0 saturated heterocycles. The zero-order valence-corrected chi connectivity index (χ0v) is 11.3. The summed E-state index contributed by atoms with van der Waals surface area (Å²) in [6.45, 7) is 3.66. The quantitative estimate of drug-likeness (QED) is 0.891. The molecule has 0 spiro atoms. The topological polar surface area (TPSA) is 86.0 Å². The first-order valence-electron chi connectivity index (χ1n) is 6.31. The van der Waals surface area contributed by atoms with Gasteiger partial charge in [0.2, 0.25) is 0 Å². The van der Waals surface area contributed by atoms with Crippen molar-refractivity contribution in [3.05, 3.63) is 36.0 Å². The van der Waals surface area contributed by atoms with Crippen molar-refractivity contribution in [1.82, 2.24) is 4.98 Å². The van der Waals surface area contributed by atoms with Crippen molar-refractivity contribution in [3.63, 3.8) is 0 Å². The number of hydrogen-bond donors (Lipinski definition) is 2. The van der Waals surface area contributed by atoms with Crippen LogP contribution < -0.4 is 5.32 Å². The van der Waals surface area contributed by atoms with E-state index in [1.807, 2.05) is 19.9 Å². The van der Waals surface area contributed by atoms with Gasteiger partial charge in [-0.15, -0.1) is 0 Å². The van der Waals surface area contributed by atoms with Gasteiger partial charge >= 0.3 is 5.97 Å². The third kappa shape index (κ3) is 2.54. The number of carboxylic acids is 1. The lowest BCUT2D eigenvalue weighted by atomic mass is 10.0. The van der Waals surface area contributed by atoms with Crippen molar-refractivity contribution in [1.29, 1.82) is 5.26 Å². The van der Waals surface area contributed by atoms with E-state index in [1.54, 1.807) is 24.4 Å². The molecule has 1 atom stereocenters. The fourth-order valence-corrected chi connectivity index (χ4v) is 2.08. The van der Waals surface area contributed by atoms with E-state index >= 15 is 0 Å². The Morgan fingerprint density at radius 2 is 2.10 bits per heavy atom. The number of benzene rings is 1. The molecule has 2 rings (SSSR count). The Kier molecular flexibility index (Phi) is 3.85. The normalized spacial score (nSPS) is 12.1. The first-order chi connectivity index (χ1) is 9.54. The van der Waals surface area contributed by atoms with Crippen molar-refractivity contribution in [2.24, 2.45) is 5.92 Å². The lowest BCUT2D eigenvalue weighted by molar-refractivity contribution is -0.138. The fourth-order valence-electron chi connectivity index (χ4n) is 2.08. The van der Waals surface area contributed by atoms with Crippen LogP contribution in [0.25, 0.3) is 10.8 Å². The van der Waals surface area contributed by atoms with E-state index in [0.29, 0.717) is 11.4 Å². The molecule has 20 heavy (non-hydrogen) atoms. The average Bonchev–Trinajstić information content (AvgIpc) is 2.43. The molecular weight excluding hydrogens is 254 g/mol. The smallest absolute Gasteiger partial charge is 0.326 e. The summed E-state index contributed by atoms with van der Waals surface area (Å²) < 4.78 is 0. The summed E-state index contributed by atoms with van der Waals surface area (Å²) in [5.74, 6) is -0.514. The van der Waals surface area contributed by atoms with Gasteiger partial charge in [0.15, 0.2) is 0 Å². The van der Waals surface area contributed by atoms with E-state index in [2.05, 4.69) is 16.4 Å². The molecule has 0 fully saturated rings. The Morgan fingerprint density at radius 1 is 1.35 bits per heavy atom. The molecule has 2 aromatic rings. The highest BCUT2D eigenvalue weighted by Gasteiger charge is 2.22. The summed E-state index contributed by atoms with van der Waals surface area (Å²) in [6, 6.07) is 8.47. The van der Waals surface area contributed by atoms with E-state index in [4.69, 9.17) is 5.26 Å². The number of carbonyl (C=O) groups is 1. The van der Waals surface area contributed by atoms with Gasteiger partial charge in [0.25, 0.3) is 0 Å². The van der Waals surface area contributed by atoms with Gasteiger partial charge in [-0.2, -0.15) is 5.26 Å². The van der Waals surface area contributed by atoms with E-state index in [1.165, 1.54) is 0 Å². The van der Waals surface area contributed by atoms with E-state index < -0.39 is 12.0 Å². The van der Waals surface area contributed by atoms with Crippen molar-refractivity contribution in [2.45, 2.75) is 19.9 Å². The van der Waals surface area contributed by atoms with Crippen LogP contribution in [0.1, 0.15) is 19.4 Å². The third-order valence-corrected chi connectivity index (χ3v) is 3.15. The minimum Gasteiger partial charge on any atom is -0.480 e. The maximum absolute atomic E-state index is 11.3. The van der Waals surface area contributed by atoms with Gasteiger partial charge in [-0.05, 0) is 18.1 Å². The Morgan fingerprint density at radius 3 is 2.70 bits per heavy atom. The Hall–Kier alpha value is -2.61. The summed E-state index contributed by atoms with van der Waals surface area (Å²) in [5, 5.41) is 22.8. The molecule has 2 N–H and O–H groups in total. The van der Waals surface area contributed by atoms with Gasteiger partial charge in [0.05, 0.1) is 11.6 Å². The molecule has 5 nitrogen and oxygen atoms in total. The number of hydrogen-bond acceptors (Lipinski definition) is 4. The molecule has 1 heterocycles. The van der Waals surface area contributed by atoms with Crippen LogP contribution in [0.2, 0.25) is 0 Å². The number of pyridine rings is 1. The second-order valence-electron chi connectivity index (χ2n) is 4.88. The molecule has 0 bridgehead atoms. The molecule has 0 aliphatic rings. The first kappa shape index (κ1) is 13.8.